The zero-order valence-electron chi connectivity index (χ0n) is 20.5. The van der Waals surface area contributed by atoms with E-state index in [1.54, 1.807) is 30.3 Å². The van der Waals surface area contributed by atoms with E-state index < -0.39 is 0 Å². The molecular weight excluding hydrogens is 494 g/mol. The number of nitrogens with one attached hydrogen (secondary N) is 2. The van der Waals surface area contributed by atoms with E-state index >= 15 is 0 Å². The average Bonchev–Trinajstić information content (AvgIpc) is 3.61. The summed E-state index contributed by atoms with van der Waals surface area (Å²) < 4.78 is 11.0. The Hall–Kier alpha value is -3.27. The molecule has 2 fully saturated rings. The second-order valence-electron chi connectivity index (χ2n) is 9.47. The first kappa shape index (κ1) is 25.4. The normalized spacial score (nSPS) is 20.0. The number of nitrogens with zero attached hydrogens (tertiary/aromatic N) is 3. The first-order valence-corrected chi connectivity index (χ1v) is 13.0. The Bertz CT molecular complexity index is 1230. The zero-order chi connectivity index (χ0) is 25.6. The second kappa shape index (κ2) is 11.9. The molecule has 2 aliphatic heterocycles. The van der Waals surface area contributed by atoms with Crippen LogP contribution in [0.25, 0.3) is 11.4 Å². The van der Waals surface area contributed by atoms with Crippen LogP contribution in [0.1, 0.15) is 41.9 Å². The molecule has 3 heterocycles. The Kier molecular flexibility index (Phi) is 8.13. The Morgan fingerprint density at radius 3 is 2.73 bits per heavy atom. The van der Waals surface area contributed by atoms with Gasteiger partial charge >= 0.3 is 0 Å². The smallest absolute Gasteiger partial charge is 0.253 e. The van der Waals surface area contributed by atoms with Crippen molar-refractivity contribution >= 4 is 29.1 Å². The number of anilines is 1. The van der Waals surface area contributed by atoms with Crippen molar-refractivity contribution < 1.29 is 18.8 Å². The molecule has 0 radical (unpaired) electrons. The molecule has 2 atom stereocenters. The summed E-state index contributed by atoms with van der Waals surface area (Å²) in [4.78, 5) is 32.6. The number of amides is 2. The molecule has 194 valence electrons. The Morgan fingerprint density at radius 2 is 1.92 bits per heavy atom. The molecule has 1 aromatic heterocycles. The van der Waals surface area contributed by atoms with Gasteiger partial charge in [0.25, 0.3) is 5.91 Å². The number of ether oxygens (including phenoxy) is 1. The summed E-state index contributed by atoms with van der Waals surface area (Å²) in [6.07, 6.45) is 3.67. The molecule has 10 heteroatoms. The lowest BCUT2D eigenvalue weighted by molar-refractivity contribution is -0.121. The number of halogens is 1. The number of aromatic nitrogens is 2. The van der Waals surface area contributed by atoms with Gasteiger partial charge in [-0.1, -0.05) is 28.9 Å². The Morgan fingerprint density at radius 1 is 1.08 bits per heavy atom. The fraction of sp³-hybridized carbons (Fsp3) is 0.407. The number of piperidine rings is 1. The van der Waals surface area contributed by atoms with E-state index in [0.29, 0.717) is 47.6 Å². The first-order valence-electron chi connectivity index (χ1n) is 12.7. The van der Waals surface area contributed by atoms with Crippen LogP contribution in [-0.4, -0.2) is 59.2 Å². The molecule has 2 N–H and O–H groups in total. The first-order chi connectivity index (χ1) is 18.0. The number of carbonyl (C=O) groups is 2. The van der Waals surface area contributed by atoms with E-state index in [9.17, 15) is 9.59 Å². The number of hydrogen-bond donors (Lipinski definition) is 2. The molecule has 3 aromatic rings. The van der Waals surface area contributed by atoms with Crippen molar-refractivity contribution in [2.45, 2.75) is 38.3 Å². The summed E-state index contributed by atoms with van der Waals surface area (Å²) in [5, 5.41) is 10.6. The third kappa shape index (κ3) is 6.54. The highest BCUT2D eigenvalue weighted by molar-refractivity contribution is 6.30. The third-order valence-corrected chi connectivity index (χ3v) is 7.00. The molecule has 0 aliphatic carbocycles. The van der Waals surface area contributed by atoms with E-state index in [1.807, 2.05) is 18.2 Å². The average molecular weight is 524 g/mol. The number of hydrogen-bond acceptors (Lipinski definition) is 7. The zero-order valence-corrected chi connectivity index (χ0v) is 21.2. The number of benzene rings is 2. The molecule has 0 spiro atoms. The van der Waals surface area contributed by atoms with Crippen LogP contribution in [-0.2, 0) is 16.1 Å². The largest absolute Gasteiger partial charge is 0.376 e. The highest BCUT2D eigenvalue weighted by Crippen LogP contribution is 2.24. The van der Waals surface area contributed by atoms with Crippen LogP contribution < -0.4 is 10.6 Å². The van der Waals surface area contributed by atoms with Crippen LogP contribution in [0.3, 0.4) is 0 Å². The molecule has 2 amide bonds. The van der Waals surface area contributed by atoms with Crippen LogP contribution in [0.15, 0.2) is 53.1 Å². The van der Waals surface area contributed by atoms with Gasteiger partial charge in [0.05, 0.1) is 29.8 Å². The van der Waals surface area contributed by atoms with E-state index in [0.717, 1.165) is 44.4 Å². The van der Waals surface area contributed by atoms with E-state index in [4.69, 9.17) is 20.9 Å². The van der Waals surface area contributed by atoms with Crippen molar-refractivity contribution in [3.63, 3.8) is 0 Å². The summed E-state index contributed by atoms with van der Waals surface area (Å²) in [5.41, 5.74) is 1.79. The van der Waals surface area contributed by atoms with Gasteiger partial charge < -0.3 is 19.9 Å². The van der Waals surface area contributed by atoms with Gasteiger partial charge in [0.2, 0.25) is 17.6 Å². The molecular formula is C27H30ClN5O4. The van der Waals surface area contributed by atoms with E-state index in [2.05, 4.69) is 25.7 Å². The van der Waals surface area contributed by atoms with Crippen LogP contribution in [0, 0.1) is 5.92 Å². The van der Waals surface area contributed by atoms with Crippen LogP contribution in [0.5, 0.6) is 0 Å². The summed E-state index contributed by atoms with van der Waals surface area (Å²) in [7, 11) is 0. The molecule has 2 saturated heterocycles. The maximum atomic E-state index is 13.2. The number of para-hydroxylation sites is 1. The molecule has 2 aromatic carbocycles. The van der Waals surface area contributed by atoms with Gasteiger partial charge in [-0.15, -0.1) is 0 Å². The topological polar surface area (TPSA) is 110 Å². The second-order valence-corrected chi connectivity index (χ2v) is 9.91. The summed E-state index contributed by atoms with van der Waals surface area (Å²) >= 11 is 5.96. The maximum Gasteiger partial charge on any atom is 0.253 e. The minimum Gasteiger partial charge on any atom is -0.376 e. The van der Waals surface area contributed by atoms with Crippen LogP contribution >= 0.6 is 11.6 Å². The fourth-order valence-corrected chi connectivity index (χ4v) is 4.90. The van der Waals surface area contributed by atoms with Gasteiger partial charge in [-0.25, -0.2) is 0 Å². The summed E-state index contributed by atoms with van der Waals surface area (Å²) in [6, 6.07) is 14.4. The third-order valence-electron chi connectivity index (χ3n) is 6.75. The maximum absolute atomic E-state index is 13.2. The van der Waals surface area contributed by atoms with Gasteiger partial charge in [0.15, 0.2) is 0 Å². The van der Waals surface area contributed by atoms with Gasteiger partial charge in [0.1, 0.15) is 0 Å². The van der Waals surface area contributed by atoms with Crippen LogP contribution in [0.2, 0.25) is 5.02 Å². The Labute approximate surface area is 220 Å². The lowest BCUT2D eigenvalue weighted by Crippen LogP contribution is -2.40. The Balaban J connectivity index is 1.17. The van der Waals surface area contributed by atoms with Gasteiger partial charge in [0, 0.05) is 30.3 Å². The quantitative estimate of drug-likeness (QED) is 0.456. The highest BCUT2D eigenvalue weighted by atomic mass is 35.5. The van der Waals surface area contributed by atoms with Gasteiger partial charge in [-0.2, -0.15) is 4.98 Å². The molecule has 9 nitrogen and oxygen atoms in total. The lowest BCUT2D eigenvalue weighted by Gasteiger charge is -2.31. The van der Waals surface area contributed by atoms with Gasteiger partial charge in [-0.3, -0.25) is 14.5 Å². The minimum absolute atomic E-state index is 0.0556. The fourth-order valence-electron chi connectivity index (χ4n) is 4.77. The van der Waals surface area contributed by atoms with Crippen LogP contribution in [0.4, 0.5) is 5.69 Å². The monoisotopic (exact) mass is 523 g/mol. The predicted octanol–water partition coefficient (Wildman–Crippen LogP) is 4.15. The lowest BCUT2D eigenvalue weighted by atomic mass is 9.96. The predicted molar refractivity (Wildman–Crippen MR) is 139 cm³/mol. The minimum atomic E-state index is -0.218. The van der Waals surface area contributed by atoms with Crippen molar-refractivity contribution in [3.8, 4) is 11.4 Å². The highest BCUT2D eigenvalue weighted by Gasteiger charge is 2.28. The molecule has 0 saturated carbocycles. The van der Waals surface area contributed by atoms with Crippen molar-refractivity contribution in [1.29, 1.82) is 0 Å². The number of likely N-dealkylation sites (tertiary alicyclic amines) is 1. The molecule has 2 unspecified atom stereocenters. The molecule has 0 bridgehead atoms. The molecule has 5 rings (SSSR count). The molecule has 37 heavy (non-hydrogen) atoms. The standard InChI is InChI=1S/C27H30ClN5O4/c28-20-11-9-18(10-12-20)25-31-24(37-32-25)17-33-13-3-5-19(16-33)26(34)30-23-8-2-1-7-22(23)27(35)29-15-21-6-4-14-36-21/h1-2,7-12,19,21H,3-6,13-17H2,(H,29,35)(H,30,34). The van der Waals surface area contributed by atoms with E-state index in [1.165, 1.54) is 0 Å². The SMILES string of the molecule is O=C(NCC1CCCO1)c1ccccc1NC(=O)C1CCCN(Cc2nc(-c3ccc(Cl)cc3)no2)C1. The summed E-state index contributed by atoms with van der Waals surface area (Å²) in [6.45, 7) is 3.07. The van der Waals surface area contributed by atoms with Crippen molar-refractivity contribution in [3.05, 3.63) is 65.0 Å². The van der Waals surface area contributed by atoms with Crippen molar-refractivity contribution in [2.24, 2.45) is 5.92 Å². The number of rotatable bonds is 8. The van der Waals surface area contributed by atoms with Crippen molar-refractivity contribution in [1.82, 2.24) is 20.4 Å². The number of carbonyl (C=O) groups excluding carboxylic acids is 2. The van der Waals surface area contributed by atoms with E-state index in [-0.39, 0.29) is 23.8 Å². The van der Waals surface area contributed by atoms with Crippen molar-refractivity contribution in [2.75, 3.05) is 31.6 Å². The molecule has 2 aliphatic rings. The van der Waals surface area contributed by atoms with Gasteiger partial charge in [-0.05, 0) is 68.6 Å². The summed E-state index contributed by atoms with van der Waals surface area (Å²) in [5.74, 6) is 0.475.